The summed E-state index contributed by atoms with van der Waals surface area (Å²) in [5, 5.41) is 42.9. The molecule has 0 aliphatic rings. The zero-order valence-electron chi connectivity index (χ0n) is 16.1. The lowest BCUT2D eigenvalue weighted by molar-refractivity contribution is -0.121. The second-order valence-electron chi connectivity index (χ2n) is 6.34. The Labute approximate surface area is 182 Å². The van der Waals surface area contributed by atoms with Crippen LogP contribution in [0.1, 0.15) is 24.0 Å². The quantitative estimate of drug-likeness (QED) is 0.174. The van der Waals surface area contributed by atoms with Gasteiger partial charge in [-0.1, -0.05) is 33.7 Å². The van der Waals surface area contributed by atoms with E-state index in [0.717, 1.165) is 0 Å². The van der Waals surface area contributed by atoms with Crippen molar-refractivity contribution in [1.29, 1.82) is 0 Å². The summed E-state index contributed by atoms with van der Waals surface area (Å²) < 4.78 is 0. The Morgan fingerprint density at radius 2 is 1.07 bits per heavy atom. The minimum atomic E-state index is -0.223. The average Bonchev–Trinajstić information content (AvgIpc) is 2.72. The molecule has 8 nitrogen and oxygen atoms in total. The first kappa shape index (κ1) is 23.6. The monoisotopic (exact) mass is 452 g/mol. The van der Waals surface area contributed by atoms with E-state index in [1.54, 1.807) is 12.1 Å². The third-order valence-electron chi connectivity index (χ3n) is 3.97. The van der Waals surface area contributed by atoms with Crippen LogP contribution in [0.3, 0.4) is 0 Å². The fraction of sp³-hybridized carbons (Fsp3) is 0.300. The molecule has 0 heterocycles. The number of rotatable bonds is 11. The lowest BCUT2D eigenvalue weighted by atomic mass is 10.2. The van der Waals surface area contributed by atoms with Gasteiger partial charge in [0, 0.05) is 37.4 Å². The Kier molecular flexibility index (Phi) is 9.49. The zero-order valence-corrected chi connectivity index (χ0v) is 17.8. The molecule has 0 spiro atoms. The molecule has 0 bridgehead atoms. The number of phenols is 4. The molecular weight excluding hydrogens is 428 g/mol. The van der Waals surface area contributed by atoms with E-state index >= 15 is 0 Å². The third-order valence-corrected chi connectivity index (χ3v) is 6.38. The predicted molar refractivity (Wildman–Crippen MR) is 117 cm³/mol. The highest BCUT2D eigenvalue weighted by molar-refractivity contribution is 8.76. The lowest BCUT2D eigenvalue weighted by Gasteiger charge is -2.07. The van der Waals surface area contributed by atoms with Gasteiger partial charge in [-0.05, 0) is 35.4 Å². The maximum Gasteiger partial charge on any atom is 0.221 e. The van der Waals surface area contributed by atoms with E-state index < -0.39 is 0 Å². The summed E-state index contributed by atoms with van der Waals surface area (Å²) in [6.45, 7) is 0.535. The molecule has 0 aliphatic heterocycles. The van der Waals surface area contributed by atoms with Gasteiger partial charge in [0.25, 0.3) is 0 Å². The Morgan fingerprint density at radius 1 is 0.667 bits per heavy atom. The van der Waals surface area contributed by atoms with Gasteiger partial charge in [-0.15, -0.1) is 0 Å². The highest BCUT2D eigenvalue weighted by atomic mass is 33.1. The van der Waals surface area contributed by atoms with E-state index in [1.165, 1.54) is 45.9 Å². The van der Waals surface area contributed by atoms with Crippen molar-refractivity contribution in [3.8, 4) is 23.0 Å². The Bertz CT molecular complexity index is 807. The molecule has 2 aromatic rings. The van der Waals surface area contributed by atoms with Crippen molar-refractivity contribution in [3.05, 3.63) is 47.5 Å². The minimum absolute atomic E-state index is 0.120. The molecule has 0 saturated carbocycles. The minimum Gasteiger partial charge on any atom is -0.504 e. The van der Waals surface area contributed by atoms with Crippen molar-refractivity contribution >= 4 is 33.4 Å². The molecule has 0 radical (unpaired) electrons. The van der Waals surface area contributed by atoms with Gasteiger partial charge < -0.3 is 31.1 Å². The van der Waals surface area contributed by atoms with Gasteiger partial charge in [0.1, 0.15) is 0 Å². The molecule has 0 unspecified atom stereocenters. The first-order valence-electron chi connectivity index (χ1n) is 9.14. The topological polar surface area (TPSA) is 139 Å². The first-order chi connectivity index (χ1) is 14.3. The van der Waals surface area contributed by atoms with Gasteiger partial charge in [-0.2, -0.15) is 0 Å². The summed E-state index contributed by atoms with van der Waals surface area (Å²) >= 11 is 0. The molecule has 10 heteroatoms. The molecule has 6 N–H and O–H groups in total. The molecule has 0 fully saturated rings. The van der Waals surface area contributed by atoms with Crippen LogP contribution in [-0.4, -0.2) is 43.7 Å². The van der Waals surface area contributed by atoms with Crippen LogP contribution < -0.4 is 10.6 Å². The number of hydrogen-bond donors (Lipinski definition) is 6. The van der Waals surface area contributed by atoms with Crippen molar-refractivity contribution in [2.24, 2.45) is 0 Å². The summed E-state index contributed by atoms with van der Waals surface area (Å²) in [5.74, 6) is 0.116. The highest BCUT2D eigenvalue weighted by Crippen LogP contribution is 2.26. The van der Waals surface area contributed by atoms with Crippen LogP contribution in [0, 0.1) is 0 Å². The van der Waals surface area contributed by atoms with Gasteiger partial charge in [0.2, 0.25) is 11.8 Å². The summed E-state index contributed by atoms with van der Waals surface area (Å²) in [6.07, 6.45) is 0.663. The van der Waals surface area contributed by atoms with Crippen molar-refractivity contribution in [2.75, 3.05) is 11.5 Å². The molecule has 0 saturated heterocycles. The van der Waals surface area contributed by atoms with E-state index in [2.05, 4.69) is 10.6 Å². The zero-order chi connectivity index (χ0) is 21.9. The molecule has 2 rings (SSSR count). The van der Waals surface area contributed by atoms with Crippen LogP contribution in [0.4, 0.5) is 0 Å². The molecule has 162 valence electrons. The second kappa shape index (κ2) is 12.1. The molecule has 2 aromatic carbocycles. The Hall–Kier alpha value is -2.72. The van der Waals surface area contributed by atoms with Crippen molar-refractivity contribution in [3.63, 3.8) is 0 Å². The van der Waals surface area contributed by atoms with Gasteiger partial charge >= 0.3 is 0 Å². The van der Waals surface area contributed by atoms with Crippen molar-refractivity contribution < 1.29 is 30.0 Å². The summed E-state index contributed by atoms with van der Waals surface area (Å²) in [7, 11) is 3.02. The second-order valence-corrected chi connectivity index (χ2v) is 9.05. The number of carbonyl (C=O) groups excluding carboxylic acids is 2. The van der Waals surface area contributed by atoms with E-state index in [1.807, 2.05) is 0 Å². The van der Waals surface area contributed by atoms with Crippen LogP contribution in [0.2, 0.25) is 0 Å². The van der Waals surface area contributed by atoms with Gasteiger partial charge in [0.05, 0.1) is 0 Å². The summed E-state index contributed by atoms with van der Waals surface area (Å²) in [5.41, 5.74) is 1.38. The third kappa shape index (κ3) is 8.34. The van der Waals surface area contributed by atoms with Crippen LogP contribution in [-0.2, 0) is 22.7 Å². The number of benzene rings is 2. The van der Waals surface area contributed by atoms with E-state index in [9.17, 15) is 30.0 Å². The van der Waals surface area contributed by atoms with Crippen molar-refractivity contribution in [2.45, 2.75) is 25.9 Å². The van der Waals surface area contributed by atoms with Gasteiger partial charge in [-0.3, -0.25) is 9.59 Å². The Balaban J connectivity index is 1.51. The van der Waals surface area contributed by atoms with Crippen LogP contribution in [0.25, 0.3) is 0 Å². The summed E-state index contributed by atoms with van der Waals surface area (Å²) in [4.78, 5) is 23.7. The van der Waals surface area contributed by atoms with Crippen LogP contribution in [0.5, 0.6) is 23.0 Å². The SMILES string of the molecule is O=C(CCSSCCC(=O)NCc1ccc(O)c(O)c1)NCc1ccc(O)c(O)c1. The van der Waals surface area contributed by atoms with E-state index in [0.29, 0.717) is 35.5 Å². The number of carbonyl (C=O) groups is 2. The van der Waals surface area contributed by atoms with Crippen LogP contribution in [0.15, 0.2) is 36.4 Å². The fourth-order valence-corrected chi connectivity index (χ4v) is 4.30. The molecular formula is C20H24N2O6S2. The van der Waals surface area contributed by atoms with E-state index in [-0.39, 0.29) is 47.9 Å². The first-order valence-corrected chi connectivity index (χ1v) is 11.6. The lowest BCUT2D eigenvalue weighted by Crippen LogP contribution is -2.23. The maximum absolute atomic E-state index is 11.8. The average molecular weight is 453 g/mol. The number of phenolic OH excluding ortho intramolecular Hbond substituents is 4. The fourth-order valence-electron chi connectivity index (χ4n) is 2.32. The number of nitrogens with one attached hydrogen (secondary N) is 2. The predicted octanol–water partition coefficient (Wildman–Crippen LogP) is 2.60. The highest BCUT2D eigenvalue weighted by Gasteiger charge is 2.06. The van der Waals surface area contributed by atoms with Gasteiger partial charge in [-0.25, -0.2) is 0 Å². The molecule has 0 aliphatic carbocycles. The summed E-state index contributed by atoms with van der Waals surface area (Å²) in [6, 6.07) is 8.78. The molecule has 0 atom stereocenters. The molecule has 2 amide bonds. The largest absolute Gasteiger partial charge is 0.504 e. The smallest absolute Gasteiger partial charge is 0.221 e. The van der Waals surface area contributed by atoms with E-state index in [4.69, 9.17) is 0 Å². The molecule has 0 aromatic heterocycles. The normalized spacial score (nSPS) is 10.5. The van der Waals surface area contributed by atoms with Crippen LogP contribution >= 0.6 is 21.6 Å². The van der Waals surface area contributed by atoms with Crippen molar-refractivity contribution in [1.82, 2.24) is 10.6 Å². The van der Waals surface area contributed by atoms with Gasteiger partial charge in [0.15, 0.2) is 23.0 Å². The number of hydrogen-bond acceptors (Lipinski definition) is 8. The number of aromatic hydroxyl groups is 4. The molecule has 30 heavy (non-hydrogen) atoms. The number of amides is 2. The maximum atomic E-state index is 11.8. The standard InChI is InChI=1S/C20H24N2O6S2/c23-15-3-1-13(9-17(15)25)11-21-19(27)5-7-29-30-8-6-20(28)22-12-14-2-4-16(24)18(26)10-14/h1-4,9-10,23-26H,5-8,11-12H2,(H,21,27)(H,22,28). The Morgan fingerprint density at radius 3 is 1.43 bits per heavy atom.